The minimum absolute atomic E-state index is 0.140. The van der Waals surface area contributed by atoms with E-state index in [1.54, 1.807) is 59.8 Å². The molecule has 1 amide bonds. The minimum atomic E-state index is -3.58. The predicted octanol–water partition coefficient (Wildman–Crippen LogP) is 3.74. The van der Waals surface area contributed by atoms with Gasteiger partial charge in [0.15, 0.2) is 0 Å². The summed E-state index contributed by atoms with van der Waals surface area (Å²) < 4.78 is 33.1. The van der Waals surface area contributed by atoms with Crippen molar-refractivity contribution in [3.05, 3.63) is 70.8 Å². The number of thiophene rings is 1. The van der Waals surface area contributed by atoms with Gasteiger partial charge in [-0.3, -0.25) is 9.78 Å². The van der Waals surface area contributed by atoms with Crippen molar-refractivity contribution in [2.45, 2.75) is 4.21 Å². The van der Waals surface area contributed by atoms with Crippen LogP contribution in [0.15, 0.2) is 65.1 Å². The number of rotatable bonds is 5. The molecule has 1 aliphatic rings. The van der Waals surface area contributed by atoms with E-state index < -0.39 is 10.0 Å². The molecule has 3 heterocycles. The van der Waals surface area contributed by atoms with Gasteiger partial charge in [0.1, 0.15) is 15.7 Å². The van der Waals surface area contributed by atoms with Gasteiger partial charge in [-0.1, -0.05) is 11.6 Å². The van der Waals surface area contributed by atoms with E-state index in [4.69, 9.17) is 16.3 Å². The molecule has 4 rings (SSSR count). The molecule has 1 aliphatic heterocycles. The number of hydrogen-bond donors (Lipinski definition) is 0. The van der Waals surface area contributed by atoms with E-state index in [2.05, 4.69) is 4.98 Å². The number of benzene rings is 1. The number of sulfonamides is 1. The lowest BCUT2D eigenvalue weighted by Crippen LogP contribution is -2.50. The van der Waals surface area contributed by atoms with Crippen LogP contribution >= 0.6 is 22.9 Å². The summed E-state index contributed by atoms with van der Waals surface area (Å²) in [5.74, 6) is 1.07. The van der Waals surface area contributed by atoms with Crippen LogP contribution in [0.1, 0.15) is 10.4 Å². The van der Waals surface area contributed by atoms with E-state index in [0.29, 0.717) is 34.5 Å². The first-order chi connectivity index (χ1) is 14.4. The Morgan fingerprint density at radius 2 is 1.73 bits per heavy atom. The Bertz CT molecular complexity index is 1130. The van der Waals surface area contributed by atoms with Gasteiger partial charge in [0.2, 0.25) is 0 Å². The lowest BCUT2D eigenvalue weighted by atomic mass is 10.2. The molecule has 10 heteroatoms. The first-order valence-electron chi connectivity index (χ1n) is 9.16. The maximum Gasteiger partial charge on any atom is 0.253 e. The highest BCUT2D eigenvalue weighted by molar-refractivity contribution is 7.91. The zero-order valence-corrected chi connectivity index (χ0v) is 18.2. The molecular weight excluding hydrogens is 446 g/mol. The van der Waals surface area contributed by atoms with Gasteiger partial charge in [-0.05, 0) is 48.5 Å². The fourth-order valence-electron chi connectivity index (χ4n) is 3.09. The molecule has 0 N–H and O–H groups in total. The van der Waals surface area contributed by atoms with Crippen LogP contribution in [0.2, 0.25) is 4.34 Å². The number of ether oxygens (including phenoxy) is 1. The number of pyridine rings is 1. The van der Waals surface area contributed by atoms with Crippen LogP contribution < -0.4 is 4.74 Å². The summed E-state index contributed by atoms with van der Waals surface area (Å²) in [5.41, 5.74) is 0.523. The van der Waals surface area contributed by atoms with E-state index in [1.165, 1.54) is 10.4 Å². The highest BCUT2D eigenvalue weighted by Crippen LogP contribution is 2.29. The second-order valence-corrected chi connectivity index (χ2v) is 10.4. The number of aromatic nitrogens is 1. The first kappa shape index (κ1) is 20.8. The third kappa shape index (κ3) is 4.49. The van der Waals surface area contributed by atoms with Crippen LogP contribution in [0.3, 0.4) is 0 Å². The number of nitrogens with zero attached hydrogens (tertiary/aromatic N) is 3. The van der Waals surface area contributed by atoms with Crippen LogP contribution in [0.4, 0.5) is 0 Å². The van der Waals surface area contributed by atoms with Crippen molar-refractivity contribution >= 4 is 38.9 Å². The average Bonchev–Trinajstić information content (AvgIpc) is 3.22. The molecule has 0 atom stereocenters. The summed E-state index contributed by atoms with van der Waals surface area (Å²) in [6, 6.07) is 13.5. The predicted molar refractivity (Wildman–Crippen MR) is 115 cm³/mol. The quantitative estimate of drug-likeness (QED) is 0.576. The van der Waals surface area contributed by atoms with Crippen molar-refractivity contribution in [2.24, 2.45) is 0 Å². The standard InChI is InChI=1S/C20H18ClN3O4S2/c21-18-7-8-19(29-18)30(26,27)24-12-10-23(11-13-24)20(25)15-3-5-16(6-4-15)28-17-2-1-9-22-14-17/h1-9,14H,10-13H2. The molecule has 30 heavy (non-hydrogen) atoms. The summed E-state index contributed by atoms with van der Waals surface area (Å²) in [4.78, 5) is 18.4. The Morgan fingerprint density at radius 1 is 1.00 bits per heavy atom. The van der Waals surface area contributed by atoms with Gasteiger partial charge in [0.05, 0.1) is 10.5 Å². The molecule has 2 aromatic heterocycles. The van der Waals surface area contributed by atoms with Gasteiger partial charge < -0.3 is 9.64 Å². The fourth-order valence-corrected chi connectivity index (χ4v) is 6.15. The molecule has 1 fully saturated rings. The SMILES string of the molecule is O=C(c1ccc(Oc2cccnc2)cc1)N1CCN(S(=O)(=O)c2ccc(Cl)s2)CC1. The van der Waals surface area contributed by atoms with Crippen LogP contribution in [0.5, 0.6) is 11.5 Å². The van der Waals surface area contributed by atoms with Crippen molar-refractivity contribution < 1.29 is 17.9 Å². The lowest BCUT2D eigenvalue weighted by Gasteiger charge is -2.33. The molecule has 0 spiro atoms. The van der Waals surface area contributed by atoms with Crippen molar-refractivity contribution in [3.8, 4) is 11.5 Å². The fraction of sp³-hybridized carbons (Fsp3) is 0.200. The second-order valence-electron chi connectivity index (χ2n) is 6.57. The van der Waals surface area contributed by atoms with Crippen LogP contribution in [0, 0.1) is 0 Å². The van der Waals surface area contributed by atoms with Gasteiger partial charge in [-0.25, -0.2) is 8.42 Å². The van der Waals surface area contributed by atoms with E-state index in [1.807, 2.05) is 0 Å². The Labute approximate surface area is 183 Å². The molecule has 7 nitrogen and oxygen atoms in total. The first-order valence-corrected chi connectivity index (χ1v) is 11.8. The molecule has 0 radical (unpaired) electrons. The largest absolute Gasteiger partial charge is 0.456 e. The molecule has 3 aromatic rings. The zero-order valence-electron chi connectivity index (χ0n) is 15.8. The number of carbonyl (C=O) groups excluding carboxylic acids is 1. The van der Waals surface area contributed by atoms with Crippen molar-refractivity contribution in [1.82, 2.24) is 14.2 Å². The molecule has 0 aliphatic carbocycles. The summed E-state index contributed by atoms with van der Waals surface area (Å²) in [5, 5.41) is 0. The highest BCUT2D eigenvalue weighted by atomic mass is 35.5. The molecule has 0 unspecified atom stereocenters. The van der Waals surface area contributed by atoms with E-state index in [0.717, 1.165) is 11.3 Å². The van der Waals surface area contributed by atoms with Gasteiger partial charge in [0, 0.05) is 37.9 Å². The Hall–Kier alpha value is -2.46. The zero-order chi connectivity index (χ0) is 21.1. The van der Waals surface area contributed by atoms with Crippen LogP contribution in [-0.2, 0) is 10.0 Å². The maximum absolute atomic E-state index is 12.8. The molecule has 0 saturated carbocycles. The molecule has 1 saturated heterocycles. The molecule has 0 bridgehead atoms. The van der Waals surface area contributed by atoms with E-state index in [-0.39, 0.29) is 23.2 Å². The molecule has 1 aromatic carbocycles. The van der Waals surface area contributed by atoms with Gasteiger partial charge >= 0.3 is 0 Å². The van der Waals surface area contributed by atoms with Crippen molar-refractivity contribution in [1.29, 1.82) is 0 Å². The second kappa shape index (κ2) is 8.73. The summed E-state index contributed by atoms with van der Waals surface area (Å²) >= 11 is 6.90. The Balaban J connectivity index is 1.37. The minimum Gasteiger partial charge on any atom is -0.456 e. The monoisotopic (exact) mass is 463 g/mol. The Kier molecular flexibility index (Phi) is 6.05. The van der Waals surface area contributed by atoms with E-state index in [9.17, 15) is 13.2 Å². The Morgan fingerprint density at radius 3 is 2.33 bits per heavy atom. The number of carbonyl (C=O) groups is 1. The third-order valence-electron chi connectivity index (χ3n) is 4.64. The topological polar surface area (TPSA) is 79.8 Å². The summed E-state index contributed by atoms with van der Waals surface area (Å²) in [7, 11) is -3.58. The van der Waals surface area contributed by atoms with E-state index >= 15 is 0 Å². The third-order valence-corrected chi connectivity index (χ3v) is 8.24. The highest BCUT2D eigenvalue weighted by Gasteiger charge is 2.31. The van der Waals surface area contributed by atoms with Crippen LogP contribution in [-0.4, -0.2) is 54.7 Å². The van der Waals surface area contributed by atoms with Crippen molar-refractivity contribution in [2.75, 3.05) is 26.2 Å². The smallest absolute Gasteiger partial charge is 0.253 e. The van der Waals surface area contributed by atoms with Gasteiger partial charge in [-0.15, -0.1) is 11.3 Å². The van der Waals surface area contributed by atoms with Gasteiger partial charge in [-0.2, -0.15) is 4.31 Å². The number of amides is 1. The molecule has 156 valence electrons. The lowest BCUT2D eigenvalue weighted by molar-refractivity contribution is 0.0698. The maximum atomic E-state index is 12.8. The normalized spacial score (nSPS) is 15.2. The van der Waals surface area contributed by atoms with Gasteiger partial charge in [0.25, 0.3) is 15.9 Å². The summed E-state index contributed by atoms with van der Waals surface area (Å²) in [6.07, 6.45) is 3.27. The number of hydrogen-bond acceptors (Lipinski definition) is 6. The number of halogens is 1. The molecular formula is C20H18ClN3O4S2. The van der Waals surface area contributed by atoms with Crippen molar-refractivity contribution in [3.63, 3.8) is 0 Å². The van der Waals surface area contributed by atoms with Crippen LogP contribution in [0.25, 0.3) is 0 Å². The summed E-state index contributed by atoms with van der Waals surface area (Å²) in [6.45, 7) is 1.13. The number of piperazine rings is 1. The average molecular weight is 464 g/mol.